The Morgan fingerprint density at radius 1 is 0.867 bits per heavy atom. The second-order valence-electron chi connectivity index (χ2n) is 8.22. The van der Waals surface area contributed by atoms with Gasteiger partial charge in [-0.2, -0.15) is 0 Å². The number of rotatable bonds is 4. The molecule has 30 heavy (non-hydrogen) atoms. The van der Waals surface area contributed by atoms with Gasteiger partial charge in [-0.25, -0.2) is 9.97 Å². The second kappa shape index (κ2) is 8.36. The standard InChI is InChI=1S/C25H26N4O/c30-24-16-21(20-9-5-2-6-10-20)15-23-22(24)17-26-25(27-23)29-13-11-28(12-14-29)18-19-7-3-1-4-8-19/h1-10,17,21H,11-16,18H2/t21-/m1/s1. The zero-order valence-corrected chi connectivity index (χ0v) is 17.1. The first-order valence-electron chi connectivity index (χ1n) is 10.7. The van der Waals surface area contributed by atoms with Gasteiger partial charge in [0.25, 0.3) is 0 Å². The van der Waals surface area contributed by atoms with Crippen molar-refractivity contribution in [2.45, 2.75) is 25.3 Å². The molecule has 0 unspecified atom stereocenters. The summed E-state index contributed by atoms with van der Waals surface area (Å²) in [4.78, 5) is 26.8. The van der Waals surface area contributed by atoms with Gasteiger partial charge < -0.3 is 4.90 Å². The fourth-order valence-corrected chi connectivity index (χ4v) is 4.50. The molecule has 0 spiro atoms. The van der Waals surface area contributed by atoms with Gasteiger partial charge in [0.15, 0.2) is 5.78 Å². The molecule has 1 aromatic heterocycles. The molecule has 5 nitrogen and oxygen atoms in total. The third-order valence-corrected chi connectivity index (χ3v) is 6.20. The van der Waals surface area contributed by atoms with E-state index in [9.17, 15) is 4.79 Å². The molecule has 2 aromatic carbocycles. The normalized spacial score (nSPS) is 19.5. The number of ketones is 1. The molecule has 5 rings (SSSR count). The first-order chi connectivity index (χ1) is 14.8. The van der Waals surface area contributed by atoms with Crippen molar-refractivity contribution in [3.8, 4) is 0 Å². The lowest BCUT2D eigenvalue weighted by Crippen LogP contribution is -2.46. The fraction of sp³-hybridized carbons (Fsp3) is 0.320. The van der Waals surface area contributed by atoms with E-state index in [1.165, 1.54) is 11.1 Å². The molecule has 0 N–H and O–H groups in total. The summed E-state index contributed by atoms with van der Waals surface area (Å²) in [7, 11) is 0. The van der Waals surface area contributed by atoms with E-state index in [-0.39, 0.29) is 11.7 Å². The van der Waals surface area contributed by atoms with E-state index < -0.39 is 0 Å². The third-order valence-electron chi connectivity index (χ3n) is 6.20. The van der Waals surface area contributed by atoms with Crippen molar-refractivity contribution in [1.82, 2.24) is 14.9 Å². The number of fused-ring (bicyclic) bond motifs is 1. The monoisotopic (exact) mass is 398 g/mol. The molecule has 3 aromatic rings. The van der Waals surface area contributed by atoms with Gasteiger partial charge in [0.1, 0.15) is 0 Å². The molecular weight excluding hydrogens is 372 g/mol. The number of carbonyl (C=O) groups excluding carboxylic acids is 1. The zero-order valence-electron chi connectivity index (χ0n) is 17.1. The van der Waals surface area contributed by atoms with E-state index in [1.54, 1.807) is 6.20 Å². The highest BCUT2D eigenvalue weighted by Gasteiger charge is 2.29. The van der Waals surface area contributed by atoms with Gasteiger partial charge in [-0.05, 0) is 23.5 Å². The number of hydrogen-bond acceptors (Lipinski definition) is 5. The minimum absolute atomic E-state index is 0.157. The van der Waals surface area contributed by atoms with Crippen LogP contribution in [0.1, 0.15) is 39.5 Å². The Morgan fingerprint density at radius 2 is 1.57 bits per heavy atom. The SMILES string of the molecule is O=C1C[C@H](c2ccccc2)Cc2nc(N3CCN(Cc4ccccc4)CC3)ncc21. The first-order valence-corrected chi connectivity index (χ1v) is 10.7. The van der Waals surface area contributed by atoms with Crippen molar-refractivity contribution in [2.75, 3.05) is 31.1 Å². The van der Waals surface area contributed by atoms with Gasteiger partial charge >= 0.3 is 0 Å². The molecule has 1 aliphatic carbocycles. The van der Waals surface area contributed by atoms with Crippen molar-refractivity contribution in [3.05, 3.63) is 89.2 Å². The van der Waals surface area contributed by atoms with Gasteiger partial charge in [0.2, 0.25) is 5.95 Å². The van der Waals surface area contributed by atoms with E-state index in [0.717, 1.165) is 50.8 Å². The van der Waals surface area contributed by atoms with Crippen LogP contribution in [-0.2, 0) is 13.0 Å². The third kappa shape index (κ3) is 3.98. The predicted octanol–water partition coefficient (Wildman–Crippen LogP) is 3.71. The molecule has 0 amide bonds. The number of benzene rings is 2. The average molecular weight is 399 g/mol. The van der Waals surface area contributed by atoms with Crippen LogP contribution in [0.25, 0.3) is 0 Å². The van der Waals surface area contributed by atoms with Crippen LogP contribution >= 0.6 is 0 Å². The van der Waals surface area contributed by atoms with Crippen LogP contribution in [-0.4, -0.2) is 46.8 Å². The lowest BCUT2D eigenvalue weighted by atomic mass is 9.82. The largest absolute Gasteiger partial charge is 0.338 e. The Balaban J connectivity index is 1.27. The maximum Gasteiger partial charge on any atom is 0.225 e. The minimum atomic E-state index is 0.157. The molecule has 1 atom stereocenters. The lowest BCUT2D eigenvalue weighted by molar-refractivity contribution is 0.0962. The molecule has 0 bridgehead atoms. The highest BCUT2D eigenvalue weighted by molar-refractivity contribution is 5.98. The van der Waals surface area contributed by atoms with E-state index in [2.05, 4.69) is 57.2 Å². The summed E-state index contributed by atoms with van der Waals surface area (Å²) < 4.78 is 0. The lowest BCUT2D eigenvalue weighted by Gasteiger charge is -2.35. The number of aromatic nitrogens is 2. The molecular formula is C25H26N4O. The van der Waals surface area contributed by atoms with Gasteiger partial charge in [0, 0.05) is 45.3 Å². The van der Waals surface area contributed by atoms with Crippen LogP contribution in [0.5, 0.6) is 0 Å². The first kappa shape index (κ1) is 18.9. The quantitative estimate of drug-likeness (QED) is 0.671. The Kier molecular flexibility index (Phi) is 5.28. The summed E-state index contributed by atoms with van der Waals surface area (Å²) in [6.07, 6.45) is 3.09. The van der Waals surface area contributed by atoms with Crippen molar-refractivity contribution < 1.29 is 4.79 Å². The molecule has 5 heteroatoms. The van der Waals surface area contributed by atoms with Crippen LogP contribution in [0.3, 0.4) is 0 Å². The number of piperazine rings is 1. The van der Waals surface area contributed by atoms with Crippen LogP contribution in [0, 0.1) is 0 Å². The fourth-order valence-electron chi connectivity index (χ4n) is 4.50. The van der Waals surface area contributed by atoms with E-state index in [0.29, 0.717) is 12.0 Å². The van der Waals surface area contributed by atoms with Gasteiger partial charge in [0.05, 0.1) is 11.3 Å². The molecule has 2 heterocycles. The average Bonchev–Trinajstić information content (AvgIpc) is 2.80. The molecule has 0 radical (unpaired) electrons. The van der Waals surface area contributed by atoms with Crippen LogP contribution in [0.4, 0.5) is 5.95 Å². The van der Waals surface area contributed by atoms with Gasteiger partial charge in [-0.3, -0.25) is 9.69 Å². The Labute approximate surface area is 177 Å². The topological polar surface area (TPSA) is 49.3 Å². The van der Waals surface area contributed by atoms with E-state index in [4.69, 9.17) is 4.98 Å². The van der Waals surface area contributed by atoms with Crippen LogP contribution in [0.2, 0.25) is 0 Å². The van der Waals surface area contributed by atoms with Crippen molar-refractivity contribution >= 4 is 11.7 Å². The number of hydrogen-bond donors (Lipinski definition) is 0. The molecule has 1 saturated heterocycles. The van der Waals surface area contributed by atoms with E-state index in [1.807, 2.05) is 18.2 Å². The second-order valence-corrected chi connectivity index (χ2v) is 8.22. The van der Waals surface area contributed by atoms with Gasteiger partial charge in [-0.15, -0.1) is 0 Å². The molecule has 0 saturated carbocycles. The molecule has 152 valence electrons. The van der Waals surface area contributed by atoms with Crippen LogP contribution < -0.4 is 4.90 Å². The Morgan fingerprint density at radius 3 is 2.30 bits per heavy atom. The highest BCUT2D eigenvalue weighted by Crippen LogP contribution is 2.32. The summed E-state index contributed by atoms with van der Waals surface area (Å²) in [6.45, 7) is 4.76. The smallest absolute Gasteiger partial charge is 0.225 e. The Hall–Kier alpha value is -3.05. The van der Waals surface area contributed by atoms with E-state index >= 15 is 0 Å². The summed E-state index contributed by atoms with van der Waals surface area (Å²) in [5.74, 6) is 1.12. The predicted molar refractivity (Wildman–Crippen MR) is 118 cm³/mol. The van der Waals surface area contributed by atoms with Crippen molar-refractivity contribution in [3.63, 3.8) is 0 Å². The molecule has 1 aliphatic heterocycles. The van der Waals surface area contributed by atoms with Crippen molar-refractivity contribution in [2.24, 2.45) is 0 Å². The summed E-state index contributed by atoms with van der Waals surface area (Å²) in [6, 6.07) is 20.9. The number of nitrogens with zero attached hydrogens (tertiary/aromatic N) is 4. The maximum absolute atomic E-state index is 12.7. The Bertz CT molecular complexity index is 1010. The summed E-state index contributed by atoms with van der Waals surface area (Å²) in [5, 5.41) is 0. The number of carbonyl (C=O) groups is 1. The highest BCUT2D eigenvalue weighted by atomic mass is 16.1. The molecule has 2 aliphatic rings. The number of anilines is 1. The molecule has 1 fully saturated rings. The number of Topliss-reactive ketones (excluding diaryl/α,β-unsaturated/α-hetero) is 1. The summed E-state index contributed by atoms with van der Waals surface area (Å²) >= 11 is 0. The summed E-state index contributed by atoms with van der Waals surface area (Å²) in [5.41, 5.74) is 4.16. The zero-order chi connectivity index (χ0) is 20.3. The van der Waals surface area contributed by atoms with Gasteiger partial charge in [-0.1, -0.05) is 60.7 Å². The maximum atomic E-state index is 12.7. The minimum Gasteiger partial charge on any atom is -0.338 e. The van der Waals surface area contributed by atoms with Crippen molar-refractivity contribution in [1.29, 1.82) is 0 Å². The van der Waals surface area contributed by atoms with Crippen LogP contribution in [0.15, 0.2) is 66.9 Å².